The van der Waals surface area contributed by atoms with Gasteiger partial charge in [0.25, 0.3) is 11.8 Å². The highest BCUT2D eigenvalue weighted by Gasteiger charge is 2.29. The van der Waals surface area contributed by atoms with Gasteiger partial charge in [-0.3, -0.25) is 9.59 Å². The number of nitrogen functional groups attached to an aromatic ring is 1. The summed E-state index contributed by atoms with van der Waals surface area (Å²) in [6.07, 6.45) is 4.32. The number of likely N-dealkylation sites (tertiary alicyclic amines) is 1. The number of aromatic nitrogens is 2. The summed E-state index contributed by atoms with van der Waals surface area (Å²) in [5.74, 6) is -0.650. The fourth-order valence-electron chi connectivity index (χ4n) is 5.31. The second kappa shape index (κ2) is 11.6. The third kappa shape index (κ3) is 6.65. The molecular weight excluding hydrogens is 520 g/mol. The van der Waals surface area contributed by atoms with E-state index in [1.54, 1.807) is 23.1 Å². The Morgan fingerprint density at radius 3 is 2.63 bits per heavy atom. The van der Waals surface area contributed by atoms with Crippen LogP contribution < -0.4 is 16.4 Å². The molecule has 1 saturated heterocycles. The Kier molecular flexibility index (Phi) is 7.92. The van der Waals surface area contributed by atoms with Crippen LogP contribution in [0.5, 0.6) is 0 Å². The fourth-order valence-corrected chi connectivity index (χ4v) is 5.31. The van der Waals surface area contributed by atoms with Crippen molar-refractivity contribution in [2.75, 3.05) is 18.8 Å². The number of anilines is 1. The van der Waals surface area contributed by atoms with Crippen molar-refractivity contribution >= 4 is 23.7 Å². The molecule has 2 aliphatic rings. The normalized spacial score (nSPS) is 18.4. The Balaban J connectivity index is 1.27. The lowest BCUT2D eigenvalue weighted by atomic mass is 10.1. The van der Waals surface area contributed by atoms with Gasteiger partial charge in [-0.15, -0.1) is 0 Å². The van der Waals surface area contributed by atoms with Gasteiger partial charge in [0.05, 0.1) is 17.9 Å². The minimum atomic E-state index is -0.600. The second-order valence-electron chi connectivity index (χ2n) is 11.6. The number of ether oxygens (including phenoxy) is 1. The van der Waals surface area contributed by atoms with Gasteiger partial charge in [0.15, 0.2) is 11.5 Å². The number of nitrogens with two attached hydrogens (primary N) is 1. The number of amides is 3. The summed E-state index contributed by atoms with van der Waals surface area (Å²) >= 11 is 0. The highest BCUT2D eigenvalue weighted by Crippen LogP contribution is 2.31. The number of nitrogens with one attached hydrogen (secondary N) is 2. The van der Waals surface area contributed by atoms with Crippen molar-refractivity contribution < 1.29 is 19.1 Å². The van der Waals surface area contributed by atoms with Crippen molar-refractivity contribution in [3.8, 4) is 11.3 Å². The monoisotopic (exact) mass is 556 g/mol. The maximum Gasteiger partial charge on any atom is 0.410 e. The number of benzene rings is 2. The van der Waals surface area contributed by atoms with E-state index in [9.17, 15) is 14.4 Å². The summed E-state index contributed by atoms with van der Waals surface area (Å²) in [5.41, 5.74) is 9.41. The van der Waals surface area contributed by atoms with Gasteiger partial charge in [0.2, 0.25) is 0 Å². The van der Waals surface area contributed by atoms with Crippen molar-refractivity contribution in [1.29, 1.82) is 0 Å². The Morgan fingerprint density at radius 1 is 1.02 bits per heavy atom. The maximum absolute atomic E-state index is 13.2. The van der Waals surface area contributed by atoms with Crippen LogP contribution in [0.3, 0.4) is 0 Å². The molecule has 214 valence electrons. The first-order chi connectivity index (χ1) is 19.6. The Morgan fingerprint density at radius 2 is 1.83 bits per heavy atom. The zero-order chi connectivity index (χ0) is 29.1. The van der Waals surface area contributed by atoms with E-state index in [0.29, 0.717) is 36.3 Å². The molecule has 3 amide bonds. The van der Waals surface area contributed by atoms with Crippen LogP contribution in [0, 0.1) is 0 Å². The zero-order valence-corrected chi connectivity index (χ0v) is 23.6. The predicted octanol–water partition coefficient (Wildman–Crippen LogP) is 4.27. The van der Waals surface area contributed by atoms with Crippen LogP contribution in [0.1, 0.15) is 78.0 Å². The molecule has 10 heteroatoms. The Bertz CT molecular complexity index is 1470. The van der Waals surface area contributed by atoms with Crippen LogP contribution in [-0.4, -0.2) is 57.5 Å². The van der Waals surface area contributed by atoms with Crippen molar-refractivity contribution in [1.82, 2.24) is 25.5 Å². The SMILES string of the molecule is CC(C)(C)OC(=O)N1CCCC(NC(=O)c2nc(-c3cccc(C(=O)N[C@H]4CCc5ccccc54)c3)cnc2N)C1. The quantitative estimate of drug-likeness (QED) is 0.426. The molecule has 2 heterocycles. The molecule has 1 aliphatic carbocycles. The van der Waals surface area contributed by atoms with E-state index < -0.39 is 17.6 Å². The molecule has 1 unspecified atom stereocenters. The number of piperidine rings is 1. The molecule has 3 aromatic rings. The lowest BCUT2D eigenvalue weighted by molar-refractivity contribution is 0.0185. The lowest BCUT2D eigenvalue weighted by Crippen LogP contribution is -2.50. The number of hydrogen-bond donors (Lipinski definition) is 3. The van der Waals surface area contributed by atoms with E-state index in [-0.39, 0.29) is 29.5 Å². The number of nitrogens with zero attached hydrogens (tertiary/aromatic N) is 3. The molecule has 0 spiro atoms. The van der Waals surface area contributed by atoms with Crippen LogP contribution in [0.15, 0.2) is 54.7 Å². The van der Waals surface area contributed by atoms with E-state index in [4.69, 9.17) is 10.5 Å². The number of hydrogen-bond acceptors (Lipinski definition) is 7. The average molecular weight is 557 g/mol. The summed E-state index contributed by atoms with van der Waals surface area (Å²) in [4.78, 5) is 49.2. The van der Waals surface area contributed by atoms with Gasteiger partial charge in [-0.1, -0.05) is 36.4 Å². The second-order valence-corrected chi connectivity index (χ2v) is 11.6. The number of carbonyl (C=O) groups is 3. The smallest absolute Gasteiger partial charge is 0.410 e. The van der Waals surface area contributed by atoms with Crippen LogP contribution in [0.2, 0.25) is 0 Å². The Hall–Kier alpha value is -4.47. The summed E-state index contributed by atoms with van der Waals surface area (Å²) in [6.45, 7) is 6.35. The van der Waals surface area contributed by atoms with E-state index >= 15 is 0 Å². The largest absolute Gasteiger partial charge is 0.444 e. The molecular formula is C31H36N6O4. The number of carbonyl (C=O) groups excluding carboxylic acids is 3. The maximum atomic E-state index is 13.2. The van der Waals surface area contributed by atoms with E-state index in [0.717, 1.165) is 24.8 Å². The topological polar surface area (TPSA) is 140 Å². The highest BCUT2D eigenvalue weighted by molar-refractivity contribution is 5.98. The first-order valence-corrected chi connectivity index (χ1v) is 14.0. The van der Waals surface area contributed by atoms with E-state index in [1.807, 2.05) is 39.0 Å². The predicted molar refractivity (Wildman–Crippen MR) is 155 cm³/mol. The number of rotatable bonds is 5. The Labute approximate surface area is 239 Å². The van der Waals surface area contributed by atoms with Crippen molar-refractivity contribution in [3.05, 3.63) is 77.1 Å². The van der Waals surface area contributed by atoms with Gasteiger partial charge in [-0.05, 0) is 69.7 Å². The van der Waals surface area contributed by atoms with Gasteiger partial charge in [0, 0.05) is 30.3 Å². The summed E-state index contributed by atoms with van der Waals surface area (Å²) < 4.78 is 5.48. The molecule has 2 atom stereocenters. The van der Waals surface area contributed by atoms with E-state index in [1.165, 1.54) is 11.8 Å². The standard InChI is InChI=1S/C31H36N6O4/c1-31(2,3)41-30(40)37-15-7-11-22(18-37)34-29(39)26-27(32)33-17-25(35-26)20-9-6-10-21(16-20)28(38)36-24-14-13-19-8-4-5-12-23(19)24/h4-6,8-10,12,16-17,22,24H,7,11,13-15,18H2,1-3H3,(H2,32,33)(H,34,39)(H,36,38)/t22?,24-/m0/s1. The van der Waals surface area contributed by atoms with Gasteiger partial charge in [0.1, 0.15) is 5.60 Å². The van der Waals surface area contributed by atoms with Gasteiger partial charge >= 0.3 is 6.09 Å². The molecule has 5 rings (SSSR count). The fraction of sp³-hybridized carbons (Fsp3) is 0.387. The minimum absolute atomic E-state index is 0.000135. The van der Waals surface area contributed by atoms with Crippen LogP contribution >= 0.6 is 0 Å². The van der Waals surface area contributed by atoms with Gasteiger partial charge in [-0.2, -0.15) is 0 Å². The van der Waals surface area contributed by atoms with Crippen molar-refractivity contribution in [2.24, 2.45) is 0 Å². The molecule has 0 saturated carbocycles. The molecule has 2 aromatic carbocycles. The van der Waals surface area contributed by atoms with Crippen molar-refractivity contribution in [3.63, 3.8) is 0 Å². The molecule has 10 nitrogen and oxygen atoms in total. The van der Waals surface area contributed by atoms with Crippen LogP contribution in [-0.2, 0) is 11.2 Å². The molecule has 0 radical (unpaired) electrons. The molecule has 1 fully saturated rings. The summed E-state index contributed by atoms with van der Waals surface area (Å²) in [5, 5.41) is 6.09. The average Bonchev–Trinajstić information content (AvgIpc) is 3.35. The van der Waals surface area contributed by atoms with Gasteiger partial charge < -0.3 is 26.0 Å². The number of fused-ring (bicyclic) bond motifs is 1. The van der Waals surface area contributed by atoms with Crippen molar-refractivity contribution in [2.45, 2.75) is 64.1 Å². The molecule has 1 aromatic heterocycles. The van der Waals surface area contributed by atoms with E-state index in [2.05, 4.69) is 32.7 Å². The minimum Gasteiger partial charge on any atom is -0.444 e. The molecule has 41 heavy (non-hydrogen) atoms. The molecule has 1 aliphatic heterocycles. The summed E-state index contributed by atoms with van der Waals surface area (Å²) in [6, 6.07) is 14.9. The highest BCUT2D eigenvalue weighted by atomic mass is 16.6. The third-order valence-corrected chi connectivity index (χ3v) is 7.28. The lowest BCUT2D eigenvalue weighted by Gasteiger charge is -2.34. The first-order valence-electron chi connectivity index (χ1n) is 14.0. The third-order valence-electron chi connectivity index (χ3n) is 7.28. The summed E-state index contributed by atoms with van der Waals surface area (Å²) in [7, 11) is 0. The zero-order valence-electron chi connectivity index (χ0n) is 23.6. The molecule has 0 bridgehead atoms. The van der Waals surface area contributed by atoms with Gasteiger partial charge in [-0.25, -0.2) is 14.8 Å². The first kappa shape index (κ1) is 28.1. The van der Waals surface area contributed by atoms with Crippen LogP contribution in [0.4, 0.5) is 10.6 Å². The molecule has 4 N–H and O–H groups in total. The van der Waals surface area contributed by atoms with Crippen LogP contribution in [0.25, 0.3) is 11.3 Å². The number of aryl methyl sites for hydroxylation is 1.